The Bertz CT molecular complexity index is 305. The number of likely N-dealkylation sites (N-methyl/N-ethyl adjacent to an activating group) is 1. The molecule has 0 bridgehead atoms. The Morgan fingerprint density at radius 1 is 1.06 bits per heavy atom. The fourth-order valence-corrected chi connectivity index (χ4v) is 4.05. The molecule has 2 N–H and O–H groups in total. The lowest BCUT2D eigenvalue weighted by Crippen LogP contribution is -2.52. The molecule has 2 saturated carbocycles. The van der Waals surface area contributed by atoms with E-state index in [1.807, 2.05) is 0 Å². The van der Waals surface area contributed by atoms with Crippen LogP contribution in [0.25, 0.3) is 0 Å². The molecule has 0 aromatic rings. The monoisotopic (exact) mass is 221 g/mol. The Morgan fingerprint density at radius 2 is 1.69 bits per heavy atom. The Morgan fingerprint density at radius 3 is 2.19 bits per heavy atom. The van der Waals surface area contributed by atoms with E-state index in [9.17, 15) is 0 Å². The molecule has 3 rings (SSSR count). The van der Waals surface area contributed by atoms with Gasteiger partial charge >= 0.3 is 0 Å². The first kappa shape index (κ1) is 10.4. The molecule has 0 radical (unpaired) electrons. The van der Waals surface area contributed by atoms with Crippen LogP contribution >= 0.6 is 0 Å². The van der Waals surface area contributed by atoms with Gasteiger partial charge in [-0.15, -0.1) is 0 Å². The van der Waals surface area contributed by atoms with E-state index in [0.29, 0.717) is 5.41 Å². The van der Waals surface area contributed by atoms with E-state index in [0.717, 1.165) is 12.5 Å². The second-order valence-electron chi connectivity index (χ2n) is 6.16. The molecule has 0 unspecified atom stereocenters. The molecule has 16 heavy (non-hydrogen) atoms. The summed E-state index contributed by atoms with van der Waals surface area (Å²) < 4.78 is 0. The predicted octanol–water partition coefficient (Wildman–Crippen LogP) is 2.12. The van der Waals surface area contributed by atoms with E-state index in [4.69, 9.17) is 5.73 Å². The topological polar surface area (TPSA) is 41.6 Å². The average molecular weight is 221 g/mol. The van der Waals surface area contributed by atoms with Crippen molar-refractivity contribution < 1.29 is 0 Å². The Labute approximate surface area is 98.1 Å². The highest BCUT2D eigenvalue weighted by molar-refractivity contribution is 5.80. The van der Waals surface area contributed by atoms with Crippen molar-refractivity contribution in [1.82, 2.24) is 4.90 Å². The van der Waals surface area contributed by atoms with E-state index < -0.39 is 0 Å². The molecule has 2 fully saturated rings. The van der Waals surface area contributed by atoms with E-state index in [1.54, 1.807) is 0 Å². The predicted molar refractivity (Wildman–Crippen MR) is 66.4 cm³/mol. The van der Waals surface area contributed by atoms with Gasteiger partial charge in [0.15, 0.2) is 5.96 Å². The number of nitrogens with zero attached hydrogens (tertiary/aromatic N) is 2. The van der Waals surface area contributed by atoms with Crippen LogP contribution < -0.4 is 5.73 Å². The second kappa shape index (κ2) is 3.38. The molecule has 2 aliphatic carbocycles. The quantitative estimate of drug-likeness (QED) is 0.681. The molecule has 90 valence electrons. The van der Waals surface area contributed by atoms with Crippen molar-refractivity contribution in [3.8, 4) is 0 Å². The van der Waals surface area contributed by atoms with Crippen molar-refractivity contribution in [2.45, 2.75) is 56.9 Å². The van der Waals surface area contributed by atoms with Crippen molar-refractivity contribution in [1.29, 1.82) is 0 Å². The summed E-state index contributed by atoms with van der Waals surface area (Å²) in [6.07, 6.45) is 11.3. The molecule has 3 nitrogen and oxygen atoms in total. The third-order valence-electron chi connectivity index (χ3n) is 5.50. The number of hydrogen-bond acceptors (Lipinski definition) is 3. The van der Waals surface area contributed by atoms with Crippen molar-refractivity contribution in [3.05, 3.63) is 0 Å². The minimum Gasteiger partial charge on any atom is -0.370 e. The standard InChI is InChI=1S/C13H23N3/c1-16-11(14)15-10-13(16)8-6-12(7-9-13)4-2-3-5-12/h2-10H2,1H3,(H2,14,15). The van der Waals surface area contributed by atoms with Crippen LogP contribution in [0.1, 0.15) is 51.4 Å². The molecule has 0 atom stereocenters. The first-order valence-corrected chi connectivity index (χ1v) is 6.70. The van der Waals surface area contributed by atoms with Gasteiger partial charge in [-0.05, 0) is 43.9 Å². The summed E-state index contributed by atoms with van der Waals surface area (Å²) in [5.41, 5.74) is 6.91. The van der Waals surface area contributed by atoms with Gasteiger partial charge in [0.25, 0.3) is 0 Å². The molecule has 0 aromatic carbocycles. The van der Waals surface area contributed by atoms with Gasteiger partial charge in [0.2, 0.25) is 0 Å². The Kier molecular flexibility index (Phi) is 2.20. The summed E-state index contributed by atoms with van der Waals surface area (Å²) >= 11 is 0. The fourth-order valence-electron chi connectivity index (χ4n) is 4.05. The van der Waals surface area contributed by atoms with Gasteiger partial charge in [-0.2, -0.15) is 0 Å². The van der Waals surface area contributed by atoms with Gasteiger partial charge in [-0.25, -0.2) is 0 Å². The lowest BCUT2D eigenvalue weighted by molar-refractivity contribution is 0.0792. The van der Waals surface area contributed by atoms with Crippen molar-refractivity contribution >= 4 is 5.96 Å². The van der Waals surface area contributed by atoms with E-state index in [1.165, 1.54) is 51.4 Å². The summed E-state index contributed by atoms with van der Waals surface area (Å²) in [6.45, 7) is 0.936. The van der Waals surface area contributed by atoms with Gasteiger partial charge < -0.3 is 10.6 Å². The number of guanidine groups is 1. The van der Waals surface area contributed by atoms with Crippen LogP contribution in [0.4, 0.5) is 0 Å². The van der Waals surface area contributed by atoms with Crippen LogP contribution in [0, 0.1) is 5.41 Å². The SMILES string of the molecule is CN1C(N)=NCC12CCC1(CCCC1)CC2. The average Bonchev–Trinajstić information content (AvgIpc) is 2.85. The molecule has 0 saturated heterocycles. The Hall–Kier alpha value is -0.730. The lowest BCUT2D eigenvalue weighted by Gasteiger charge is -2.46. The van der Waals surface area contributed by atoms with Crippen LogP contribution in [-0.4, -0.2) is 30.0 Å². The van der Waals surface area contributed by atoms with Gasteiger partial charge in [0.05, 0.1) is 12.1 Å². The molecule has 1 aliphatic heterocycles. The highest BCUT2D eigenvalue weighted by Crippen LogP contribution is 2.52. The van der Waals surface area contributed by atoms with Crippen LogP contribution in [0.15, 0.2) is 4.99 Å². The number of rotatable bonds is 0. The third-order valence-corrected chi connectivity index (χ3v) is 5.50. The maximum absolute atomic E-state index is 5.90. The molecule has 3 aliphatic rings. The largest absolute Gasteiger partial charge is 0.370 e. The zero-order valence-corrected chi connectivity index (χ0v) is 10.3. The van der Waals surface area contributed by atoms with Gasteiger partial charge in [-0.1, -0.05) is 12.8 Å². The first-order valence-electron chi connectivity index (χ1n) is 6.70. The molecule has 1 heterocycles. The molecule has 0 amide bonds. The zero-order chi connectivity index (χ0) is 11.2. The van der Waals surface area contributed by atoms with Gasteiger partial charge in [0, 0.05) is 7.05 Å². The van der Waals surface area contributed by atoms with Crippen molar-refractivity contribution in [3.63, 3.8) is 0 Å². The van der Waals surface area contributed by atoms with Crippen molar-refractivity contribution in [2.75, 3.05) is 13.6 Å². The smallest absolute Gasteiger partial charge is 0.191 e. The zero-order valence-electron chi connectivity index (χ0n) is 10.3. The molecule has 0 aromatic heterocycles. The summed E-state index contributed by atoms with van der Waals surface area (Å²) in [5.74, 6) is 0.752. The number of hydrogen-bond donors (Lipinski definition) is 1. The summed E-state index contributed by atoms with van der Waals surface area (Å²) in [6, 6.07) is 0. The normalized spacial score (nSPS) is 31.3. The van der Waals surface area contributed by atoms with E-state index >= 15 is 0 Å². The maximum atomic E-state index is 5.90. The number of nitrogens with two attached hydrogens (primary N) is 1. The minimum atomic E-state index is 0.290. The molecular formula is C13H23N3. The van der Waals surface area contributed by atoms with Gasteiger partial charge in [-0.3, -0.25) is 4.99 Å². The van der Waals surface area contributed by atoms with E-state index in [-0.39, 0.29) is 5.54 Å². The van der Waals surface area contributed by atoms with Crippen LogP contribution in [0.3, 0.4) is 0 Å². The summed E-state index contributed by atoms with van der Waals surface area (Å²) in [5, 5.41) is 0. The summed E-state index contributed by atoms with van der Waals surface area (Å²) in [7, 11) is 2.12. The molecule has 2 spiro atoms. The Balaban J connectivity index is 1.71. The molecule has 3 heteroatoms. The lowest BCUT2D eigenvalue weighted by atomic mass is 9.66. The van der Waals surface area contributed by atoms with E-state index in [2.05, 4.69) is 16.9 Å². The highest BCUT2D eigenvalue weighted by Gasteiger charge is 2.48. The number of aliphatic imine (C=N–C) groups is 1. The second-order valence-corrected chi connectivity index (χ2v) is 6.16. The molecular weight excluding hydrogens is 198 g/mol. The van der Waals surface area contributed by atoms with Crippen molar-refractivity contribution in [2.24, 2.45) is 16.1 Å². The minimum absolute atomic E-state index is 0.290. The van der Waals surface area contributed by atoms with Crippen LogP contribution in [-0.2, 0) is 0 Å². The van der Waals surface area contributed by atoms with Crippen LogP contribution in [0.2, 0.25) is 0 Å². The van der Waals surface area contributed by atoms with Crippen LogP contribution in [0.5, 0.6) is 0 Å². The van der Waals surface area contributed by atoms with Gasteiger partial charge in [0.1, 0.15) is 0 Å². The third kappa shape index (κ3) is 1.36. The highest BCUT2D eigenvalue weighted by atomic mass is 15.3. The fraction of sp³-hybridized carbons (Fsp3) is 0.923. The first-order chi connectivity index (χ1) is 7.66. The summed E-state index contributed by atoms with van der Waals surface area (Å²) in [4.78, 5) is 6.67. The maximum Gasteiger partial charge on any atom is 0.191 e.